The van der Waals surface area contributed by atoms with Crippen LogP contribution in [-0.4, -0.2) is 27.9 Å². The Morgan fingerprint density at radius 3 is 2.67 bits per heavy atom. The summed E-state index contributed by atoms with van der Waals surface area (Å²) >= 11 is 1.38. The van der Waals surface area contributed by atoms with E-state index < -0.39 is 5.97 Å². The molecule has 138 valence electrons. The van der Waals surface area contributed by atoms with Crippen LogP contribution in [0.3, 0.4) is 0 Å². The van der Waals surface area contributed by atoms with Crippen LogP contribution >= 0.6 is 11.3 Å². The molecule has 0 saturated heterocycles. The molecule has 3 aromatic rings. The molecule has 27 heavy (non-hydrogen) atoms. The third-order valence-electron chi connectivity index (χ3n) is 4.77. The molecular formula is C21H20N2O3S. The summed E-state index contributed by atoms with van der Waals surface area (Å²) in [6, 6.07) is 12.1. The second-order valence-corrected chi connectivity index (χ2v) is 7.65. The SMILES string of the molecule is Cc1cc(C(=O)COC(=O)c2csc(-c3ccccc3)n2)c(C)n1C1CC1. The Morgan fingerprint density at radius 1 is 1.22 bits per heavy atom. The summed E-state index contributed by atoms with van der Waals surface area (Å²) in [6.07, 6.45) is 2.32. The molecule has 0 spiro atoms. The molecule has 1 aliphatic carbocycles. The van der Waals surface area contributed by atoms with Crippen molar-refractivity contribution in [3.8, 4) is 10.6 Å². The molecule has 1 saturated carbocycles. The van der Waals surface area contributed by atoms with Gasteiger partial charge in [0.05, 0.1) is 0 Å². The van der Waals surface area contributed by atoms with Gasteiger partial charge in [0, 0.05) is 33.9 Å². The third kappa shape index (κ3) is 3.57. The van der Waals surface area contributed by atoms with Gasteiger partial charge >= 0.3 is 5.97 Å². The maximum Gasteiger partial charge on any atom is 0.358 e. The summed E-state index contributed by atoms with van der Waals surface area (Å²) in [6.45, 7) is 3.69. The van der Waals surface area contributed by atoms with Gasteiger partial charge in [-0.25, -0.2) is 9.78 Å². The Bertz CT molecular complexity index is 1000. The molecule has 0 aliphatic heterocycles. The molecule has 5 nitrogen and oxygen atoms in total. The molecule has 0 unspecified atom stereocenters. The van der Waals surface area contributed by atoms with Crippen molar-refractivity contribution in [3.63, 3.8) is 0 Å². The highest BCUT2D eigenvalue weighted by atomic mass is 32.1. The van der Waals surface area contributed by atoms with Crippen molar-refractivity contribution in [2.45, 2.75) is 32.7 Å². The fourth-order valence-corrected chi connectivity index (χ4v) is 4.11. The molecule has 1 fully saturated rings. The first-order valence-electron chi connectivity index (χ1n) is 8.94. The minimum absolute atomic E-state index is 0.179. The number of thiazole rings is 1. The zero-order valence-electron chi connectivity index (χ0n) is 15.3. The second-order valence-electron chi connectivity index (χ2n) is 6.79. The van der Waals surface area contributed by atoms with Crippen molar-refractivity contribution >= 4 is 23.1 Å². The Labute approximate surface area is 161 Å². The van der Waals surface area contributed by atoms with Crippen LogP contribution in [0.4, 0.5) is 0 Å². The predicted molar refractivity (Wildman–Crippen MR) is 104 cm³/mol. The summed E-state index contributed by atoms with van der Waals surface area (Å²) in [4.78, 5) is 29.1. The first-order chi connectivity index (χ1) is 13.0. The van der Waals surface area contributed by atoms with Gasteiger partial charge in [-0.05, 0) is 32.8 Å². The van der Waals surface area contributed by atoms with Gasteiger partial charge in [-0.3, -0.25) is 4.79 Å². The second kappa shape index (κ2) is 7.12. The van der Waals surface area contributed by atoms with Crippen LogP contribution in [0.1, 0.15) is 51.1 Å². The lowest BCUT2D eigenvalue weighted by Gasteiger charge is -2.07. The number of ketones is 1. The summed E-state index contributed by atoms with van der Waals surface area (Å²) < 4.78 is 7.43. The van der Waals surface area contributed by atoms with E-state index in [-0.39, 0.29) is 18.1 Å². The quantitative estimate of drug-likeness (QED) is 0.463. The number of ether oxygens (including phenoxy) is 1. The maximum atomic E-state index is 12.5. The normalized spacial score (nSPS) is 13.6. The van der Waals surface area contributed by atoms with Gasteiger partial charge in [-0.2, -0.15) is 0 Å². The average Bonchev–Trinajstić information content (AvgIpc) is 3.29. The number of aryl methyl sites for hydroxylation is 1. The van der Waals surface area contributed by atoms with Gasteiger partial charge in [0.1, 0.15) is 5.01 Å². The van der Waals surface area contributed by atoms with Crippen LogP contribution in [0.15, 0.2) is 41.8 Å². The van der Waals surface area contributed by atoms with Gasteiger partial charge < -0.3 is 9.30 Å². The van der Waals surface area contributed by atoms with Crippen molar-refractivity contribution < 1.29 is 14.3 Å². The van der Waals surface area contributed by atoms with E-state index in [1.54, 1.807) is 5.38 Å². The van der Waals surface area contributed by atoms with Crippen LogP contribution in [0.25, 0.3) is 10.6 Å². The van der Waals surface area contributed by atoms with Crippen molar-refractivity contribution in [2.24, 2.45) is 0 Å². The zero-order valence-corrected chi connectivity index (χ0v) is 16.1. The van der Waals surface area contributed by atoms with Gasteiger partial charge in [0.15, 0.2) is 12.3 Å². The number of hydrogen-bond donors (Lipinski definition) is 0. The van der Waals surface area contributed by atoms with E-state index in [9.17, 15) is 9.59 Å². The lowest BCUT2D eigenvalue weighted by molar-refractivity contribution is 0.0469. The summed E-state index contributed by atoms with van der Waals surface area (Å²) in [5, 5.41) is 2.41. The van der Waals surface area contributed by atoms with Gasteiger partial charge in [0.25, 0.3) is 0 Å². The minimum atomic E-state index is -0.571. The number of benzene rings is 1. The molecule has 0 atom stereocenters. The maximum absolute atomic E-state index is 12.5. The molecule has 6 heteroatoms. The summed E-state index contributed by atoms with van der Waals surface area (Å²) in [5.74, 6) is -0.750. The molecule has 0 radical (unpaired) electrons. The molecule has 4 rings (SSSR count). The number of esters is 1. The molecule has 1 aromatic carbocycles. The Balaban J connectivity index is 1.42. The van der Waals surface area contributed by atoms with Gasteiger partial charge in [-0.1, -0.05) is 30.3 Å². The van der Waals surface area contributed by atoms with Crippen molar-refractivity contribution in [3.05, 3.63) is 64.4 Å². The Hall–Kier alpha value is -2.73. The fraction of sp³-hybridized carbons (Fsp3) is 0.286. The third-order valence-corrected chi connectivity index (χ3v) is 5.66. The largest absolute Gasteiger partial charge is 0.453 e. The topological polar surface area (TPSA) is 61.2 Å². The predicted octanol–water partition coefficient (Wildman–Crippen LogP) is 4.60. The highest BCUT2D eigenvalue weighted by Crippen LogP contribution is 2.38. The minimum Gasteiger partial charge on any atom is -0.453 e. The smallest absolute Gasteiger partial charge is 0.358 e. The van der Waals surface area contributed by atoms with Crippen LogP contribution in [0, 0.1) is 13.8 Å². The highest BCUT2D eigenvalue weighted by Gasteiger charge is 2.28. The van der Waals surface area contributed by atoms with Crippen LogP contribution in [0.2, 0.25) is 0 Å². The number of aromatic nitrogens is 2. The van der Waals surface area contributed by atoms with Crippen LogP contribution in [-0.2, 0) is 4.74 Å². The van der Waals surface area contributed by atoms with E-state index in [1.165, 1.54) is 11.3 Å². The molecule has 2 aromatic heterocycles. The standard InChI is InChI=1S/C21H20N2O3S/c1-13-10-17(14(2)23(13)16-8-9-16)19(24)11-26-21(25)18-12-27-20(22-18)15-6-4-3-5-7-15/h3-7,10,12,16H,8-9,11H2,1-2H3. The first kappa shape index (κ1) is 17.7. The molecule has 0 N–H and O–H groups in total. The van der Waals surface area contributed by atoms with E-state index in [4.69, 9.17) is 4.74 Å². The number of carbonyl (C=O) groups excluding carboxylic acids is 2. The molecule has 1 aliphatic rings. The monoisotopic (exact) mass is 380 g/mol. The Morgan fingerprint density at radius 2 is 1.96 bits per heavy atom. The van der Waals surface area contributed by atoms with E-state index >= 15 is 0 Å². The molecular weight excluding hydrogens is 360 g/mol. The number of hydrogen-bond acceptors (Lipinski definition) is 5. The lowest BCUT2D eigenvalue weighted by atomic mass is 10.1. The van der Waals surface area contributed by atoms with Crippen molar-refractivity contribution in [1.82, 2.24) is 9.55 Å². The van der Waals surface area contributed by atoms with E-state index in [0.717, 1.165) is 34.8 Å². The van der Waals surface area contributed by atoms with Crippen LogP contribution in [0.5, 0.6) is 0 Å². The molecule has 2 heterocycles. The van der Waals surface area contributed by atoms with E-state index in [2.05, 4.69) is 9.55 Å². The zero-order chi connectivity index (χ0) is 19.0. The van der Waals surface area contributed by atoms with Gasteiger partial charge in [0.2, 0.25) is 5.78 Å². The summed E-state index contributed by atoms with van der Waals surface area (Å²) in [5.41, 5.74) is 3.85. The lowest BCUT2D eigenvalue weighted by Crippen LogP contribution is -2.15. The van der Waals surface area contributed by atoms with E-state index in [0.29, 0.717) is 11.6 Å². The van der Waals surface area contributed by atoms with Crippen molar-refractivity contribution in [2.75, 3.05) is 6.61 Å². The number of carbonyl (C=O) groups is 2. The first-order valence-corrected chi connectivity index (χ1v) is 9.82. The molecule has 0 amide bonds. The van der Waals surface area contributed by atoms with Gasteiger partial charge in [-0.15, -0.1) is 11.3 Å². The highest BCUT2D eigenvalue weighted by molar-refractivity contribution is 7.13. The number of nitrogens with zero attached hydrogens (tertiary/aromatic N) is 2. The van der Waals surface area contributed by atoms with E-state index in [1.807, 2.05) is 50.2 Å². The van der Waals surface area contributed by atoms with Crippen molar-refractivity contribution in [1.29, 1.82) is 0 Å². The number of rotatable bonds is 6. The number of Topliss-reactive ketones (excluding diaryl/α,β-unsaturated/α-hetero) is 1. The fourth-order valence-electron chi connectivity index (χ4n) is 3.32. The van der Waals surface area contributed by atoms with Crippen LogP contribution < -0.4 is 0 Å². The average molecular weight is 380 g/mol. The molecule has 0 bridgehead atoms. The summed E-state index contributed by atoms with van der Waals surface area (Å²) in [7, 11) is 0. The Kier molecular flexibility index (Phi) is 4.66.